The number of carboxylic acids is 1. The second-order valence-electron chi connectivity index (χ2n) is 5.64. The van der Waals surface area contributed by atoms with E-state index in [1.807, 2.05) is 17.5 Å². The Hall–Kier alpha value is -2.36. The number of furan rings is 1. The highest BCUT2D eigenvalue weighted by Gasteiger charge is 2.19. The van der Waals surface area contributed by atoms with Crippen molar-refractivity contribution in [1.82, 2.24) is 9.97 Å². The first-order chi connectivity index (χ1) is 13.1. The summed E-state index contributed by atoms with van der Waals surface area (Å²) in [6.07, 6.45) is 0.834. The van der Waals surface area contributed by atoms with Crippen LogP contribution >= 0.6 is 34.4 Å². The van der Waals surface area contributed by atoms with Crippen LogP contribution in [0, 0.1) is 0 Å². The van der Waals surface area contributed by atoms with E-state index in [-0.39, 0.29) is 11.3 Å². The predicted octanol–water partition coefficient (Wildman–Crippen LogP) is 4.86. The Balaban J connectivity index is 1.67. The van der Waals surface area contributed by atoms with Gasteiger partial charge in [-0.3, -0.25) is 4.79 Å². The second-order valence-corrected chi connectivity index (χ2v) is 8.64. The zero-order chi connectivity index (χ0) is 19.0. The van der Waals surface area contributed by atoms with E-state index in [0.29, 0.717) is 26.9 Å². The van der Waals surface area contributed by atoms with Crippen LogP contribution in [-0.4, -0.2) is 21.0 Å². The fourth-order valence-electron chi connectivity index (χ4n) is 2.74. The molecule has 4 heterocycles. The zero-order valence-electron chi connectivity index (χ0n) is 14.1. The molecule has 0 aliphatic rings. The minimum atomic E-state index is -1.11. The lowest BCUT2D eigenvalue weighted by molar-refractivity contribution is 0.0661. The Morgan fingerprint density at radius 1 is 1.37 bits per heavy atom. The van der Waals surface area contributed by atoms with Gasteiger partial charge in [0.05, 0.1) is 11.1 Å². The van der Waals surface area contributed by atoms with Gasteiger partial charge in [-0.15, -0.1) is 22.7 Å². The summed E-state index contributed by atoms with van der Waals surface area (Å²) in [6, 6.07) is 7.02. The van der Waals surface area contributed by atoms with Crippen LogP contribution in [0.2, 0.25) is 0 Å². The van der Waals surface area contributed by atoms with Gasteiger partial charge in [-0.25, -0.2) is 9.78 Å². The summed E-state index contributed by atoms with van der Waals surface area (Å²) in [5.74, 6) is -0.314. The van der Waals surface area contributed by atoms with E-state index in [0.717, 1.165) is 21.7 Å². The molecule has 0 unspecified atom stereocenters. The first-order valence-corrected chi connectivity index (χ1v) is 10.8. The van der Waals surface area contributed by atoms with Gasteiger partial charge in [-0.2, -0.15) is 0 Å². The van der Waals surface area contributed by atoms with E-state index < -0.39 is 5.97 Å². The summed E-state index contributed by atoms with van der Waals surface area (Å²) in [5.41, 5.74) is 0.822. The van der Waals surface area contributed by atoms with E-state index in [2.05, 4.69) is 16.9 Å². The maximum Gasteiger partial charge on any atom is 0.371 e. The van der Waals surface area contributed by atoms with Crippen LogP contribution in [0.4, 0.5) is 0 Å². The molecule has 0 fully saturated rings. The number of H-pyrrole nitrogens is 1. The van der Waals surface area contributed by atoms with Gasteiger partial charge >= 0.3 is 5.97 Å². The van der Waals surface area contributed by atoms with Crippen LogP contribution in [0.5, 0.6) is 0 Å². The Morgan fingerprint density at radius 3 is 2.89 bits per heavy atom. The zero-order valence-corrected chi connectivity index (χ0v) is 16.6. The van der Waals surface area contributed by atoms with E-state index >= 15 is 0 Å². The molecule has 0 aromatic carbocycles. The first-order valence-electron chi connectivity index (χ1n) is 8.11. The number of carbonyl (C=O) groups is 1. The number of thioether (sulfide) groups is 1. The lowest BCUT2D eigenvalue weighted by Crippen LogP contribution is -2.08. The first kappa shape index (κ1) is 18.0. The number of aromatic amines is 1. The van der Waals surface area contributed by atoms with Crippen LogP contribution in [0.3, 0.4) is 0 Å². The third-order valence-corrected chi connectivity index (χ3v) is 6.94. The molecule has 6 nitrogen and oxygen atoms in total. The summed E-state index contributed by atoms with van der Waals surface area (Å²) in [4.78, 5) is 34.0. The van der Waals surface area contributed by atoms with Gasteiger partial charge in [-0.1, -0.05) is 24.8 Å². The minimum absolute atomic E-state index is 0.103. The molecular weight excluding hydrogens is 404 g/mol. The number of nitrogens with zero attached hydrogens (tertiary/aromatic N) is 1. The maximum absolute atomic E-state index is 12.8. The summed E-state index contributed by atoms with van der Waals surface area (Å²) >= 11 is 4.46. The molecule has 0 aliphatic heterocycles. The van der Waals surface area contributed by atoms with Gasteiger partial charge in [0, 0.05) is 15.3 Å². The molecule has 0 spiro atoms. The average molecular weight is 419 g/mol. The van der Waals surface area contributed by atoms with Gasteiger partial charge in [-0.05, 0) is 30.0 Å². The molecular formula is C18H14N2O4S3. The van der Waals surface area contributed by atoms with Gasteiger partial charge < -0.3 is 14.5 Å². The van der Waals surface area contributed by atoms with Crippen molar-refractivity contribution < 1.29 is 14.3 Å². The molecule has 0 bridgehead atoms. The molecule has 27 heavy (non-hydrogen) atoms. The number of hydrogen-bond acceptors (Lipinski definition) is 7. The number of thiophene rings is 2. The van der Waals surface area contributed by atoms with Gasteiger partial charge in [0.15, 0.2) is 5.16 Å². The summed E-state index contributed by atoms with van der Waals surface area (Å²) in [7, 11) is 0. The quantitative estimate of drug-likeness (QED) is 0.343. The predicted molar refractivity (Wildman–Crippen MR) is 108 cm³/mol. The monoisotopic (exact) mass is 418 g/mol. The Morgan fingerprint density at radius 2 is 2.22 bits per heavy atom. The SMILES string of the molecule is CCc1sc2nc(SCc3ccc(C(=O)O)o3)[nH]c(=O)c2c1-c1cccs1. The van der Waals surface area contributed by atoms with Gasteiger partial charge in [0.1, 0.15) is 10.6 Å². The van der Waals surface area contributed by atoms with Crippen molar-refractivity contribution in [1.29, 1.82) is 0 Å². The van der Waals surface area contributed by atoms with Crippen LogP contribution < -0.4 is 5.56 Å². The molecule has 4 aromatic heterocycles. The van der Waals surface area contributed by atoms with Crippen LogP contribution in [0.1, 0.15) is 28.1 Å². The fraction of sp³-hybridized carbons (Fsp3) is 0.167. The highest BCUT2D eigenvalue weighted by molar-refractivity contribution is 7.98. The topological polar surface area (TPSA) is 96.2 Å². The van der Waals surface area contributed by atoms with Crippen molar-refractivity contribution in [2.24, 2.45) is 0 Å². The largest absolute Gasteiger partial charge is 0.475 e. The number of hydrogen-bond donors (Lipinski definition) is 2. The van der Waals surface area contributed by atoms with Gasteiger partial charge in [0.25, 0.3) is 5.56 Å². The van der Waals surface area contributed by atoms with Crippen LogP contribution in [0.15, 0.2) is 44.0 Å². The lowest BCUT2D eigenvalue weighted by atomic mass is 10.1. The summed E-state index contributed by atoms with van der Waals surface area (Å²) < 4.78 is 5.24. The van der Waals surface area contributed by atoms with E-state index in [1.165, 1.54) is 17.8 Å². The Bertz CT molecular complexity index is 1170. The minimum Gasteiger partial charge on any atom is -0.475 e. The van der Waals surface area contributed by atoms with Crippen LogP contribution in [0.25, 0.3) is 20.7 Å². The molecule has 0 saturated carbocycles. The van der Waals surface area contributed by atoms with Crippen LogP contribution in [-0.2, 0) is 12.2 Å². The number of fused-ring (bicyclic) bond motifs is 1. The van der Waals surface area contributed by atoms with Crippen molar-refractivity contribution in [3.05, 3.63) is 56.4 Å². The van der Waals surface area contributed by atoms with Crippen molar-refractivity contribution in [2.45, 2.75) is 24.3 Å². The molecule has 0 aliphatic carbocycles. The highest BCUT2D eigenvalue weighted by Crippen LogP contribution is 2.39. The van der Waals surface area contributed by atoms with Crippen molar-refractivity contribution in [3.8, 4) is 10.4 Å². The van der Waals surface area contributed by atoms with E-state index in [4.69, 9.17) is 9.52 Å². The number of carboxylic acid groups (broad SMARTS) is 1. The molecule has 0 saturated heterocycles. The molecule has 0 radical (unpaired) electrons. The summed E-state index contributed by atoms with van der Waals surface area (Å²) in [5, 5.41) is 12.0. The smallest absolute Gasteiger partial charge is 0.371 e. The molecule has 4 aromatic rings. The number of aromatic nitrogens is 2. The molecule has 0 atom stereocenters. The second kappa shape index (κ2) is 7.34. The van der Waals surface area contributed by atoms with E-state index in [1.54, 1.807) is 28.7 Å². The fourth-order valence-corrected chi connectivity index (χ4v) is 5.55. The Kier molecular flexibility index (Phi) is 4.90. The molecule has 2 N–H and O–H groups in total. The van der Waals surface area contributed by atoms with Crippen molar-refractivity contribution >= 4 is 50.6 Å². The molecule has 4 rings (SSSR count). The number of aromatic carboxylic acids is 1. The molecule has 0 amide bonds. The molecule has 9 heteroatoms. The molecule has 138 valence electrons. The number of aryl methyl sites for hydroxylation is 1. The van der Waals surface area contributed by atoms with Crippen molar-refractivity contribution in [3.63, 3.8) is 0 Å². The normalized spacial score (nSPS) is 11.3. The van der Waals surface area contributed by atoms with Gasteiger partial charge in [0.2, 0.25) is 5.76 Å². The average Bonchev–Trinajstić information content (AvgIpc) is 3.37. The third-order valence-electron chi connectivity index (χ3n) is 3.93. The van der Waals surface area contributed by atoms with Crippen molar-refractivity contribution in [2.75, 3.05) is 0 Å². The standard InChI is InChI=1S/C18H14N2O4S3/c1-2-11-13(12-4-3-7-25-12)14-15(21)19-18(20-16(14)27-11)26-8-9-5-6-10(24-9)17(22)23/h3-7H,2,8H2,1H3,(H,22,23)(H,19,20,21). The lowest BCUT2D eigenvalue weighted by Gasteiger charge is -2.01. The third kappa shape index (κ3) is 3.45. The maximum atomic E-state index is 12.8. The number of nitrogens with one attached hydrogen (secondary N) is 1. The highest BCUT2D eigenvalue weighted by atomic mass is 32.2. The van der Waals surface area contributed by atoms with E-state index in [9.17, 15) is 9.59 Å². The summed E-state index contributed by atoms with van der Waals surface area (Å²) in [6.45, 7) is 2.07. The number of rotatable bonds is 6. The Labute approximate surface area is 165 Å².